The lowest BCUT2D eigenvalue weighted by Crippen LogP contribution is -2.53. The molecule has 1 fully saturated rings. The molecule has 1 saturated heterocycles. The zero-order chi connectivity index (χ0) is 11.6. The molecule has 0 N–H and O–H groups in total. The molecular weight excluding hydrogens is 205 g/mol. The highest BCUT2D eigenvalue weighted by molar-refractivity contribution is 4.95. The van der Waals surface area contributed by atoms with Crippen LogP contribution >= 0.6 is 0 Å². The van der Waals surface area contributed by atoms with Crippen molar-refractivity contribution in [3.63, 3.8) is 0 Å². The summed E-state index contributed by atoms with van der Waals surface area (Å²) in [6, 6.07) is 0.505. The average Bonchev–Trinajstić information content (AvgIpc) is 2.15. The first-order chi connectivity index (χ1) is 6.86. The van der Waals surface area contributed by atoms with Gasteiger partial charge in [-0.2, -0.15) is 18.4 Å². The average molecular weight is 220 g/mol. The van der Waals surface area contributed by atoms with Gasteiger partial charge in [0.2, 0.25) is 0 Å². The number of hydrogen-bond donors (Lipinski definition) is 0. The minimum atomic E-state index is -4.18. The van der Waals surface area contributed by atoms with E-state index in [-0.39, 0.29) is 24.9 Å². The van der Waals surface area contributed by atoms with Crippen LogP contribution in [0.5, 0.6) is 0 Å². The van der Waals surface area contributed by atoms with Crippen molar-refractivity contribution in [2.75, 3.05) is 6.54 Å². The Hall–Kier alpha value is -0.760. The molecule has 0 aromatic rings. The third kappa shape index (κ3) is 2.85. The van der Waals surface area contributed by atoms with Gasteiger partial charge in [0.15, 0.2) is 0 Å². The van der Waals surface area contributed by atoms with Gasteiger partial charge in [0.05, 0.1) is 12.0 Å². The molecule has 1 rings (SSSR count). The minimum absolute atomic E-state index is 0.0416. The van der Waals surface area contributed by atoms with Gasteiger partial charge in [-0.1, -0.05) is 0 Å². The van der Waals surface area contributed by atoms with Crippen molar-refractivity contribution in [3.8, 4) is 6.07 Å². The summed E-state index contributed by atoms with van der Waals surface area (Å²) in [5.41, 5.74) is 0. The van der Waals surface area contributed by atoms with E-state index < -0.39 is 12.2 Å². The molecule has 0 saturated carbocycles. The zero-order valence-electron chi connectivity index (χ0n) is 8.88. The van der Waals surface area contributed by atoms with Gasteiger partial charge in [0.25, 0.3) is 0 Å². The summed E-state index contributed by atoms with van der Waals surface area (Å²) in [7, 11) is 0. The standard InChI is InChI=1S/C10H15F3N2/c1-7(2)15-6-8(5-14)3-4-9(15)10(11,12)13/h7-9H,3-4,6H2,1-2H3. The summed E-state index contributed by atoms with van der Waals surface area (Å²) in [4.78, 5) is 1.39. The van der Waals surface area contributed by atoms with Crippen LogP contribution in [0.15, 0.2) is 0 Å². The van der Waals surface area contributed by atoms with Gasteiger partial charge in [-0.3, -0.25) is 4.90 Å². The first-order valence-electron chi connectivity index (χ1n) is 5.08. The molecule has 0 amide bonds. The number of nitrogens with zero attached hydrogens (tertiary/aromatic N) is 2. The molecule has 2 unspecified atom stereocenters. The van der Waals surface area contributed by atoms with E-state index >= 15 is 0 Å². The van der Waals surface area contributed by atoms with Crippen LogP contribution in [0.3, 0.4) is 0 Å². The Kier molecular flexibility index (Phi) is 3.61. The van der Waals surface area contributed by atoms with E-state index in [1.54, 1.807) is 13.8 Å². The van der Waals surface area contributed by atoms with Crippen molar-refractivity contribution in [2.24, 2.45) is 5.92 Å². The summed E-state index contributed by atoms with van der Waals surface area (Å²) in [5, 5.41) is 8.72. The lowest BCUT2D eigenvalue weighted by Gasteiger charge is -2.41. The van der Waals surface area contributed by atoms with Crippen LogP contribution in [-0.4, -0.2) is 29.7 Å². The Bertz CT molecular complexity index is 254. The molecule has 86 valence electrons. The predicted octanol–water partition coefficient (Wildman–Crippen LogP) is 2.56. The summed E-state index contributed by atoms with van der Waals surface area (Å²) >= 11 is 0. The smallest absolute Gasteiger partial charge is 0.288 e. The number of hydrogen-bond acceptors (Lipinski definition) is 2. The van der Waals surface area contributed by atoms with Gasteiger partial charge in [0.1, 0.15) is 6.04 Å². The largest absolute Gasteiger partial charge is 0.404 e. The molecule has 15 heavy (non-hydrogen) atoms. The van der Waals surface area contributed by atoms with Crippen molar-refractivity contribution in [1.29, 1.82) is 5.26 Å². The van der Waals surface area contributed by atoms with Gasteiger partial charge in [-0.05, 0) is 26.7 Å². The number of piperidine rings is 1. The third-order valence-electron chi connectivity index (χ3n) is 2.84. The lowest BCUT2D eigenvalue weighted by atomic mass is 9.92. The second-order valence-electron chi connectivity index (χ2n) is 4.25. The maximum absolute atomic E-state index is 12.7. The minimum Gasteiger partial charge on any atom is -0.288 e. The van der Waals surface area contributed by atoms with Crippen LogP contribution in [0.1, 0.15) is 26.7 Å². The van der Waals surface area contributed by atoms with E-state index in [9.17, 15) is 13.2 Å². The summed E-state index contributed by atoms with van der Waals surface area (Å²) in [6.45, 7) is 3.70. The normalized spacial score (nSPS) is 29.1. The summed E-state index contributed by atoms with van der Waals surface area (Å²) in [6.07, 6.45) is -3.78. The van der Waals surface area contributed by atoms with Gasteiger partial charge in [-0.15, -0.1) is 0 Å². The highest BCUT2D eigenvalue weighted by Gasteiger charge is 2.46. The molecule has 0 bridgehead atoms. The molecule has 0 aromatic heterocycles. The first-order valence-corrected chi connectivity index (χ1v) is 5.08. The van der Waals surface area contributed by atoms with Crippen molar-refractivity contribution >= 4 is 0 Å². The molecule has 0 spiro atoms. The fraction of sp³-hybridized carbons (Fsp3) is 0.900. The topological polar surface area (TPSA) is 27.0 Å². The molecule has 0 radical (unpaired) electrons. The molecule has 0 aromatic carbocycles. The van der Waals surface area contributed by atoms with Crippen LogP contribution in [-0.2, 0) is 0 Å². The Balaban J connectivity index is 2.77. The van der Waals surface area contributed by atoms with E-state index in [2.05, 4.69) is 6.07 Å². The predicted molar refractivity (Wildman–Crippen MR) is 50.0 cm³/mol. The van der Waals surface area contributed by atoms with E-state index in [0.717, 1.165) is 0 Å². The summed E-state index contributed by atoms with van der Waals surface area (Å²) in [5.74, 6) is -0.258. The Morgan fingerprint density at radius 2 is 1.93 bits per heavy atom. The molecule has 1 heterocycles. The maximum atomic E-state index is 12.7. The van der Waals surface area contributed by atoms with Crippen LogP contribution < -0.4 is 0 Å². The second kappa shape index (κ2) is 4.40. The fourth-order valence-electron chi connectivity index (χ4n) is 2.03. The van der Waals surface area contributed by atoms with E-state index in [1.165, 1.54) is 4.90 Å². The van der Waals surface area contributed by atoms with Gasteiger partial charge in [0, 0.05) is 12.6 Å². The Morgan fingerprint density at radius 1 is 1.33 bits per heavy atom. The van der Waals surface area contributed by atoms with E-state index in [4.69, 9.17) is 5.26 Å². The monoisotopic (exact) mass is 220 g/mol. The SMILES string of the molecule is CC(C)N1CC(C#N)CCC1C(F)(F)F. The number of likely N-dealkylation sites (tertiary alicyclic amines) is 1. The highest BCUT2D eigenvalue weighted by Crippen LogP contribution is 2.34. The van der Waals surface area contributed by atoms with Crippen LogP contribution in [0, 0.1) is 17.2 Å². The molecule has 2 nitrogen and oxygen atoms in total. The van der Waals surface area contributed by atoms with Crippen molar-refractivity contribution < 1.29 is 13.2 Å². The Labute approximate surface area is 87.7 Å². The van der Waals surface area contributed by atoms with Gasteiger partial charge >= 0.3 is 6.18 Å². The molecule has 5 heteroatoms. The second-order valence-corrected chi connectivity index (χ2v) is 4.25. The molecular formula is C10H15F3N2. The molecule has 0 aliphatic carbocycles. The Morgan fingerprint density at radius 3 is 2.33 bits per heavy atom. The third-order valence-corrected chi connectivity index (χ3v) is 2.84. The maximum Gasteiger partial charge on any atom is 0.404 e. The molecule has 2 atom stereocenters. The van der Waals surface area contributed by atoms with Crippen LogP contribution in [0.2, 0.25) is 0 Å². The van der Waals surface area contributed by atoms with E-state index in [0.29, 0.717) is 6.42 Å². The molecule has 1 aliphatic heterocycles. The van der Waals surface area contributed by atoms with Gasteiger partial charge < -0.3 is 0 Å². The van der Waals surface area contributed by atoms with Crippen LogP contribution in [0.4, 0.5) is 13.2 Å². The fourth-order valence-corrected chi connectivity index (χ4v) is 2.03. The van der Waals surface area contributed by atoms with Crippen molar-refractivity contribution in [3.05, 3.63) is 0 Å². The van der Waals surface area contributed by atoms with Crippen molar-refractivity contribution in [2.45, 2.75) is 44.9 Å². The van der Waals surface area contributed by atoms with Crippen molar-refractivity contribution in [1.82, 2.24) is 4.90 Å². The lowest BCUT2D eigenvalue weighted by molar-refractivity contribution is -0.198. The molecule has 1 aliphatic rings. The number of rotatable bonds is 1. The number of alkyl halides is 3. The number of halogens is 3. The number of nitriles is 1. The van der Waals surface area contributed by atoms with E-state index in [1.807, 2.05) is 0 Å². The summed E-state index contributed by atoms with van der Waals surface area (Å²) < 4.78 is 38.0. The first kappa shape index (κ1) is 12.3. The van der Waals surface area contributed by atoms with Crippen LogP contribution in [0.25, 0.3) is 0 Å². The van der Waals surface area contributed by atoms with Gasteiger partial charge in [-0.25, -0.2) is 0 Å². The zero-order valence-corrected chi connectivity index (χ0v) is 8.88. The highest BCUT2D eigenvalue weighted by atomic mass is 19.4. The quantitative estimate of drug-likeness (QED) is 0.679.